The van der Waals surface area contributed by atoms with Crippen LogP contribution in [0.4, 0.5) is 0 Å². The van der Waals surface area contributed by atoms with Crippen LogP contribution in [0, 0.1) is 29.1 Å². The van der Waals surface area contributed by atoms with Crippen LogP contribution >= 0.6 is 0 Å². The van der Waals surface area contributed by atoms with Gasteiger partial charge < -0.3 is 15.0 Å². The fourth-order valence-corrected chi connectivity index (χ4v) is 7.84. The molecular weight excluding hydrogens is 492 g/mol. The Kier molecular flexibility index (Phi) is 6.06. The highest BCUT2D eigenvalue weighted by atomic mass is 16.6. The van der Waals surface area contributed by atoms with E-state index in [1.54, 1.807) is 6.92 Å². The molecule has 204 valence electrons. The van der Waals surface area contributed by atoms with Gasteiger partial charge in [0, 0.05) is 47.8 Å². The quantitative estimate of drug-likeness (QED) is 0.262. The molecule has 8 atom stereocenters. The first-order valence-electron chi connectivity index (χ1n) is 14.1. The third kappa shape index (κ3) is 3.80. The van der Waals surface area contributed by atoms with Crippen molar-refractivity contribution >= 4 is 34.2 Å². The molecule has 2 aromatic rings. The van der Waals surface area contributed by atoms with Gasteiger partial charge in [0.2, 0.25) is 17.5 Å². The van der Waals surface area contributed by atoms with Crippen molar-refractivity contribution in [1.82, 2.24) is 10.3 Å². The minimum atomic E-state index is -1.35. The SMILES string of the molecule is C/C1=C/[C@@H](C)C/C=C\[C@@H]2[C@H]3O[C@]3(C)[C@@H](C)[C@H]3[C@@H](Cc4c[nH]c5ccccc45)NC(=O)[C@]32C(=O)CCC(=O)C1=O. The zero-order chi connectivity index (χ0) is 27.7. The number of ether oxygens (including phenoxy) is 1. The number of amides is 1. The number of nitrogens with one attached hydrogen (secondary N) is 2. The van der Waals surface area contributed by atoms with E-state index in [0.717, 1.165) is 16.5 Å². The Hall–Kier alpha value is -3.32. The molecule has 1 amide bonds. The molecule has 2 aliphatic heterocycles. The van der Waals surface area contributed by atoms with Crippen LogP contribution < -0.4 is 5.32 Å². The number of rotatable bonds is 2. The number of carbonyl (C=O) groups excluding carboxylic acids is 4. The maximum absolute atomic E-state index is 14.3. The van der Waals surface area contributed by atoms with E-state index in [0.29, 0.717) is 18.4 Å². The van der Waals surface area contributed by atoms with Crippen molar-refractivity contribution in [2.75, 3.05) is 0 Å². The number of para-hydroxylation sites is 1. The number of epoxide rings is 1. The maximum Gasteiger partial charge on any atom is 0.235 e. The number of Topliss-reactive ketones (excluding diaryl/α,β-unsaturated/α-hetero) is 3. The van der Waals surface area contributed by atoms with Gasteiger partial charge in [-0.2, -0.15) is 0 Å². The predicted molar refractivity (Wildman–Crippen MR) is 147 cm³/mol. The zero-order valence-corrected chi connectivity index (χ0v) is 23.0. The van der Waals surface area contributed by atoms with E-state index in [4.69, 9.17) is 4.74 Å². The summed E-state index contributed by atoms with van der Waals surface area (Å²) in [7, 11) is 0. The predicted octanol–water partition coefficient (Wildman–Crippen LogP) is 4.26. The normalized spacial score (nSPS) is 40.8. The Morgan fingerprint density at radius 3 is 2.64 bits per heavy atom. The van der Waals surface area contributed by atoms with E-state index in [1.165, 1.54) is 0 Å². The summed E-state index contributed by atoms with van der Waals surface area (Å²) in [5, 5.41) is 4.34. The average molecular weight is 529 g/mol. The minimum Gasteiger partial charge on any atom is -0.365 e. The fraction of sp³-hybridized carbons (Fsp3) is 0.500. The summed E-state index contributed by atoms with van der Waals surface area (Å²) in [6.07, 6.45) is 8.46. The molecular formula is C32H36N2O5. The lowest BCUT2D eigenvalue weighted by Gasteiger charge is -2.46. The van der Waals surface area contributed by atoms with Crippen molar-refractivity contribution in [3.8, 4) is 0 Å². The van der Waals surface area contributed by atoms with E-state index in [1.807, 2.05) is 49.5 Å². The van der Waals surface area contributed by atoms with Crippen molar-refractivity contribution in [1.29, 1.82) is 0 Å². The molecule has 0 radical (unpaired) electrons. The molecule has 6 rings (SSSR count). The molecule has 4 aliphatic rings. The molecule has 1 aromatic carbocycles. The number of benzene rings is 1. The summed E-state index contributed by atoms with van der Waals surface area (Å²) >= 11 is 0. The Bertz CT molecular complexity index is 1450. The van der Waals surface area contributed by atoms with Gasteiger partial charge >= 0.3 is 0 Å². The van der Waals surface area contributed by atoms with Crippen LogP contribution in [0.3, 0.4) is 0 Å². The summed E-state index contributed by atoms with van der Waals surface area (Å²) in [4.78, 5) is 57.3. The molecule has 0 unspecified atom stereocenters. The van der Waals surface area contributed by atoms with E-state index < -0.39 is 28.5 Å². The molecule has 3 fully saturated rings. The second-order valence-corrected chi connectivity index (χ2v) is 12.2. The van der Waals surface area contributed by atoms with Gasteiger partial charge in [0.25, 0.3) is 0 Å². The smallest absolute Gasteiger partial charge is 0.235 e. The van der Waals surface area contributed by atoms with E-state index >= 15 is 0 Å². The van der Waals surface area contributed by atoms with Crippen molar-refractivity contribution in [2.24, 2.45) is 29.1 Å². The van der Waals surface area contributed by atoms with E-state index in [9.17, 15) is 19.2 Å². The largest absolute Gasteiger partial charge is 0.365 e. The average Bonchev–Trinajstić information content (AvgIpc) is 3.31. The molecule has 7 heteroatoms. The van der Waals surface area contributed by atoms with Gasteiger partial charge in [0.05, 0.1) is 11.7 Å². The van der Waals surface area contributed by atoms with Gasteiger partial charge in [0.1, 0.15) is 11.2 Å². The number of hydrogen-bond donors (Lipinski definition) is 2. The van der Waals surface area contributed by atoms with E-state index in [2.05, 4.69) is 30.2 Å². The number of hydrogen-bond acceptors (Lipinski definition) is 5. The molecule has 39 heavy (non-hydrogen) atoms. The summed E-state index contributed by atoms with van der Waals surface area (Å²) in [6, 6.07) is 7.79. The molecule has 2 N–H and O–H groups in total. The van der Waals surface area contributed by atoms with Crippen LogP contribution in [-0.2, 0) is 30.3 Å². The van der Waals surface area contributed by atoms with Crippen molar-refractivity contribution in [2.45, 2.75) is 71.1 Å². The maximum atomic E-state index is 14.3. The molecule has 1 aromatic heterocycles. The van der Waals surface area contributed by atoms with Gasteiger partial charge in [-0.1, -0.05) is 50.3 Å². The fourth-order valence-electron chi connectivity index (χ4n) is 7.84. The van der Waals surface area contributed by atoms with Gasteiger partial charge in [-0.3, -0.25) is 19.2 Å². The third-order valence-electron chi connectivity index (χ3n) is 9.99. The topological polar surface area (TPSA) is 109 Å². The standard InChI is InChI=1S/C32H36N2O5/c1-17-8-7-10-22-29-31(4,39-29)19(3)27-24(15-20-16-33-23-11-6-5-9-21(20)23)34-30(38)32(22,27)26(36)13-12-25(35)28(37)18(2)14-17/h5-7,9-11,14,16-17,19,22,24,27,29,33H,8,12-13,15H2,1-4H3,(H,34,38)/b10-7-,18-14-/t17-,19-,22+,24+,27-,29+,31+,32+/m0/s1. The van der Waals surface area contributed by atoms with Crippen molar-refractivity contribution in [3.05, 3.63) is 59.8 Å². The van der Waals surface area contributed by atoms with Crippen LogP contribution in [-0.4, -0.2) is 46.0 Å². The van der Waals surface area contributed by atoms with Gasteiger partial charge in [-0.05, 0) is 55.7 Å². The summed E-state index contributed by atoms with van der Waals surface area (Å²) < 4.78 is 6.34. The molecule has 2 saturated heterocycles. The molecule has 7 nitrogen and oxygen atoms in total. The summed E-state index contributed by atoms with van der Waals surface area (Å²) in [5.74, 6) is -2.47. The van der Waals surface area contributed by atoms with Gasteiger partial charge in [-0.15, -0.1) is 0 Å². The Morgan fingerprint density at radius 2 is 1.85 bits per heavy atom. The van der Waals surface area contributed by atoms with Crippen LogP contribution in [0.5, 0.6) is 0 Å². The number of carbonyl (C=O) groups is 4. The first-order chi connectivity index (χ1) is 18.6. The molecule has 2 aliphatic carbocycles. The number of allylic oxidation sites excluding steroid dienone is 3. The molecule has 1 spiro atoms. The zero-order valence-electron chi connectivity index (χ0n) is 23.0. The van der Waals surface area contributed by atoms with E-state index in [-0.39, 0.29) is 54.4 Å². The molecule has 0 bridgehead atoms. The highest BCUT2D eigenvalue weighted by molar-refractivity contribution is 6.43. The van der Waals surface area contributed by atoms with Crippen molar-refractivity contribution < 1.29 is 23.9 Å². The lowest BCUT2D eigenvalue weighted by atomic mass is 9.51. The molecule has 1 saturated carbocycles. The van der Waals surface area contributed by atoms with Crippen molar-refractivity contribution in [3.63, 3.8) is 0 Å². The second kappa shape index (κ2) is 9.12. The number of fused-ring (bicyclic) bond motifs is 3. The second-order valence-electron chi connectivity index (χ2n) is 12.2. The summed E-state index contributed by atoms with van der Waals surface area (Å²) in [6.45, 7) is 7.83. The van der Waals surface area contributed by atoms with Crippen LogP contribution in [0.1, 0.15) is 52.5 Å². The first-order valence-corrected chi connectivity index (χ1v) is 14.1. The highest BCUT2D eigenvalue weighted by Crippen LogP contribution is 2.66. The molecule has 3 heterocycles. The summed E-state index contributed by atoms with van der Waals surface area (Å²) in [5.41, 5.74) is 0.739. The number of aromatic amines is 1. The number of aromatic nitrogens is 1. The number of H-pyrrole nitrogens is 1. The lowest BCUT2D eigenvalue weighted by Crippen LogP contribution is -2.58. The van der Waals surface area contributed by atoms with Gasteiger partial charge in [-0.25, -0.2) is 0 Å². The van der Waals surface area contributed by atoms with Crippen LogP contribution in [0.2, 0.25) is 0 Å². The minimum absolute atomic E-state index is 0.0299. The Balaban J connectivity index is 1.44. The lowest BCUT2D eigenvalue weighted by molar-refractivity contribution is -0.149. The Labute approximate surface area is 228 Å². The monoisotopic (exact) mass is 528 g/mol. The van der Waals surface area contributed by atoms with Crippen LogP contribution in [0.25, 0.3) is 10.9 Å². The number of ketones is 3. The van der Waals surface area contributed by atoms with Crippen LogP contribution in [0.15, 0.2) is 54.3 Å². The first kappa shape index (κ1) is 25.9. The highest BCUT2D eigenvalue weighted by Gasteiger charge is 2.78. The Morgan fingerprint density at radius 1 is 1.08 bits per heavy atom. The third-order valence-corrected chi connectivity index (χ3v) is 9.99. The van der Waals surface area contributed by atoms with Gasteiger partial charge in [0.15, 0.2) is 0 Å².